The van der Waals surface area contributed by atoms with Crippen LogP contribution in [0.5, 0.6) is 0 Å². The number of nitrogens with zero attached hydrogens (tertiary/aromatic N) is 1. The molecule has 0 bridgehead atoms. The lowest BCUT2D eigenvalue weighted by molar-refractivity contribution is 0.678. The molecule has 0 heterocycles. The van der Waals surface area contributed by atoms with Crippen LogP contribution in [-0.2, 0) is 0 Å². The molecule has 0 atom stereocenters. The minimum absolute atomic E-state index is 0.626. The fourth-order valence-electron chi connectivity index (χ4n) is 0.738. The normalized spacial score (nSPS) is 12.6. The van der Waals surface area contributed by atoms with Gasteiger partial charge in [-0.05, 0) is 12.3 Å². The van der Waals surface area contributed by atoms with Gasteiger partial charge in [-0.15, -0.1) is 0 Å². The molecule has 0 saturated carbocycles. The van der Waals surface area contributed by atoms with E-state index in [-0.39, 0.29) is 0 Å². The van der Waals surface area contributed by atoms with Gasteiger partial charge < -0.3 is 5.73 Å². The Morgan fingerprint density at radius 3 is 2.50 bits per heavy atom. The highest BCUT2D eigenvalue weighted by molar-refractivity contribution is 5.80. The van der Waals surface area contributed by atoms with Crippen LogP contribution < -0.4 is 5.73 Å². The monoisotopic (exact) mass is 142 g/mol. The predicted molar refractivity (Wildman–Crippen MR) is 46.2 cm³/mol. The summed E-state index contributed by atoms with van der Waals surface area (Å²) >= 11 is 0. The molecule has 0 aliphatic carbocycles. The summed E-state index contributed by atoms with van der Waals surface area (Å²) in [6.07, 6.45) is 2.01. The van der Waals surface area contributed by atoms with Crippen molar-refractivity contribution in [1.82, 2.24) is 0 Å². The largest absolute Gasteiger partial charge is 0.387 e. The molecule has 2 heteroatoms. The van der Waals surface area contributed by atoms with Crippen LogP contribution in [0.3, 0.4) is 0 Å². The van der Waals surface area contributed by atoms with E-state index in [1.54, 1.807) is 0 Å². The molecule has 0 aromatic heterocycles. The molecule has 0 spiro atoms. The molecule has 2 N–H and O–H groups in total. The van der Waals surface area contributed by atoms with Gasteiger partial charge >= 0.3 is 0 Å². The Balaban J connectivity index is 3.49. The van der Waals surface area contributed by atoms with Crippen molar-refractivity contribution in [3.8, 4) is 0 Å². The molecule has 0 radical (unpaired) electrons. The number of rotatable bonds is 4. The Kier molecular flexibility index (Phi) is 4.99. The molecule has 0 amide bonds. The summed E-state index contributed by atoms with van der Waals surface area (Å²) in [6, 6.07) is 0. The van der Waals surface area contributed by atoms with Crippen LogP contribution in [0.4, 0.5) is 0 Å². The highest BCUT2D eigenvalue weighted by atomic mass is 14.8. The van der Waals surface area contributed by atoms with Crippen LogP contribution in [-0.4, -0.2) is 12.4 Å². The second-order valence-electron chi connectivity index (χ2n) is 2.97. The smallest absolute Gasteiger partial charge is 0.0939 e. The third-order valence-corrected chi connectivity index (χ3v) is 1.16. The van der Waals surface area contributed by atoms with E-state index in [2.05, 4.69) is 25.8 Å². The first-order chi connectivity index (χ1) is 4.66. The lowest BCUT2D eigenvalue weighted by Crippen LogP contribution is -2.14. The van der Waals surface area contributed by atoms with Gasteiger partial charge in [0.2, 0.25) is 0 Å². The average Bonchev–Trinajstić information content (AvgIpc) is 1.82. The highest BCUT2D eigenvalue weighted by Crippen LogP contribution is 1.98. The summed E-state index contributed by atoms with van der Waals surface area (Å²) < 4.78 is 0. The number of aliphatic imine (C=N–C) groups is 1. The highest BCUT2D eigenvalue weighted by Gasteiger charge is 1.95. The molecule has 0 aromatic carbocycles. The van der Waals surface area contributed by atoms with Crippen LogP contribution in [0.1, 0.15) is 33.6 Å². The Bertz CT molecular complexity index is 106. The third-order valence-electron chi connectivity index (χ3n) is 1.16. The molecule has 0 saturated heterocycles. The SMILES string of the molecule is CCCN=C(N)CC(C)C. The number of hydrogen-bond donors (Lipinski definition) is 1. The van der Waals surface area contributed by atoms with E-state index in [0.29, 0.717) is 5.92 Å². The second-order valence-corrected chi connectivity index (χ2v) is 2.97. The molecule has 0 unspecified atom stereocenters. The second kappa shape index (κ2) is 5.27. The van der Waals surface area contributed by atoms with Crippen molar-refractivity contribution in [2.24, 2.45) is 16.6 Å². The van der Waals surface area contributed by atoms with Gasteiger partial charge in [-0.25, -0.2) is 0 Å². The van der Waals surface area contributed by atoms with Gasteiger partial charge in [0.1, 0.15) is 0 Å². The Morgan fingerprint density at radius 1 is 1.50 bits per heavy atom. The first kappa shape index (κ1) is 9.47. The fourth-order valence-corrected chi connectivity index (χ4v) is 0.738. The molecule has 60 valence electrons. The molecule has 0 aromatic rings. The summed E-state index contributed by atoms with van der Waals surface area (Å²) in [4.78, 5) is 4.18. The molecule has 0 aliphatic heterocycles. The topological polar surface area (TPSA) is 38.4 Å². The quantitative estimate of drug-likeness (QED) is 0.471. The van der Waals surface area contributed by atoms with Gasteiger partial charge in [-0.1, -0.05) is 20.8 Å². The zero-order chi connectivity index (χ0) is 7.98. The Hall–Kier alpha value is -0.530. The van der Waals surface area contributed by atoms with Gasteiger partial charge in [0.05, 0.1) is 5.84 Å². The van der Waals surface area contributed by atoms with Crippen LogP contribution in [0, 0.1) is 5.92 Å². The van der Waals surface area contributed by atoms with Gasteiger partial charge in [0.15, 0.2) is 0 Å². The molecule has 0 rings (SSSR count). The molecular formula is C8H18N2. The molecule has 10 heavy (non-hydrogen) atoms. The van der Waals surface area contributed by atoms with Crippen molar-refractivity contribution in [1.29, 1.82) is 0 Å². The Morgan fingerprint density at radius 2 is 2.10 bits per heavy atom. The standard InChI is InChI=1S/C8H18N2/c1-4-5-10-8(9)6-7(2)3/h7H,4-6H2,1-3H3,(H2,9,10). The lowest BCUT2D eigenvalue weighted by Gasteiger charge is -2.02. The van der Waals surface area contributed by atoms with Gasteiger partial charge in [-0.3, -0.25) is 4.99 Å². The van der Waals surface area contributed by atoms with Crippen molar-refractivity contribution < 1.29 is 0 Å². The minimum atomic E-state index is 0.626. The van der Waals surface area contributed by atoms with E-state index < -0.39 is 0 Å². The summed E-state index contributed by atoms with van der Waals surface area (Å²) in [5, 5.41) is 0. The maximum Gasteiger partial charge on any atom is 0.0939 e. The van der Waals surface area contributed by atoms with Crippen LogP contribution >= 0.6 is 0 Å². The van der Waals surface area contributed by atoms with E-state index in [4.69, 9.17) is 5.73 Å². The summed E-state index contributed by atoms with van der Waals surface area (Å²) in [5.41, 5.74) is 5.61. The van der Waals surface area contributed by atoms with Crippen LogP contribution in [0.2, 0.25) is 0 Å². The summed E-state index contributed by atoms with van der Waals surface area (Å²) in [6.45, 7) is 7.27. The van der Waals surface area contributed by atoms with Crippen molar-refractivity contribution in [3.05, 3.63) is 0 Å². The minimum Gasteiger partial charge on any atom is -0.387 e. The molecule has 2 nitrogen and oxygen atoms in total. The van der Waals surface area contributed by atoms with Crippen LogP contribution in [0.15, 0.2) is 4.99 Å². The van der Waals surface area contributed by atoms with Gasteiger partial charge in [-0.2, -0.15) is 0 Å². The maximum atomic E-state index is 5.61. The zero-order valence-corrected chi connectivity index (χ0v) is 7.22. The van der Waals surface area contributed by atoms with Gasteiger partial charge in [0, 0.05) is 13.0 Å². The lowest BCUT2D eigenvalue weighted by atomic mass is 10.1. The fraction of sp³-hybridized carbons (Fsp3) is 0.875. The maximum absolute atomic E-state index is 5.61. The van der Waals surface area contributed by atoms with Gasteiger partial charge in [0.25, 0.3) is 0 Å². The summed E-state index contributed by atoms with van der Waals surface area (Å²) in [7, 11) is 0. The van der Waals surface area contributed by atoms with Crippen molar-refractivity contribution in [2.75, 3.05) is 6.54 Å². The average molecular weight is 142 g/mol. The molecule has 0 aliphatic rings. The van der Waals surface area contributed by atoms with E-state index in [0.717, 1.165) is 25.2 Å². The van der Waals surface area contributed by atoms with Crippen molar-refractivity contribution >= 4 is 5.84 Å². The summed E-state index contributed by atoms with van der Waals surface area (Å²) in [5.74, 6) is 1.43. The first-order valence-corrected chi connectivity index (χ1v) is 3.95. The first-order valence-electron chi connectivity index (χ1n) is 3.95. The zero-order valence-electron chi connectivity index (χ0n) is 7.22. The van der Waals surface area contributed by atoms with Crippen molar-refractivity contribution in [3.63, 3.8) is 0 Å². The molecular weight excluding hydrogens is 124 g/mol. The third kappa shape index (κ3) is 5.60. The molecule has 0 fully saturated rings. The van der Waals surface area contributed by atoms with Crippen LogP contribution in [0.25, 0.3) is 0 Å². The van der Waals surface area contributed by atoms with E-state index in [9.17, 15) is 0 Å². The number of hydrogen-bond acceptors (Lipinski definition) is 1. The van der Waals surface area contributed by atoms with E-state index in [1.807, 2.05) is 0 Å². The number of amidine groups is 1. The number of nitrogens with two attached hydrogens (primary N) is 1. The van der Waals surface area contributed by atoms with E-state index in [1.165, 1.54) is 0 Å². The Labute approximate surface area is 63.5 Å². The van der Waals surface area contributed by atoms with Crippen molar-refractivity contribution in [2.45, 2.75) is 33.6 Å². The predicted octanol–water partition coefficient (Wildman–Crippen LogP) is 1.80. The van der Waals surface area contributed by atoms with E-state index >= 15 is 0 Å².